The molecule has 8 heteroatoms. The molecule has 0 spiro atoms. The summed E-state index contributed by atoms with van der Waals surface area (Å²) in [6, 6.07) is 9.92. The van der Waals surface area contributed by atoms with Crippen molar-refractivity contribution in [3.63, 3.8) is 0 Å². The third-order valence-corrected chi connectivity index (χ3v) is 5.13. The van der Waals surface area contributed by atoms with E-state index in [-0.39, 0.29) is 24.3 Å². The van der Waals surface area contributed by atoms with Gasteiger partial charge in [-0.15, -0.1) is 0 Å². The topological polar surface area (TPSA) is 77.6 Å². The average Bonchev–Trinajstić information content (AvgIpc) is 3.33. The molecule has 4 rings (SSSR count). The summed E-state index contributed by atoms with van der Waals surface area (Å²) in [5, 5.41) is 12.6. The Morgan fingerprint density at radius 2 is 1.90 bits per heavy atom. The number of amides is 1. The normalized spacial score (nSPS) is 12.3. The maximum Gasteiger partial charge on any atom is 0.242 e. The van der Waals surface area contributed by atoms with Crippen LogP contribution in [0.5, 0.6) is 0 Å². The predicted molar refractivity (Wildman–Crippen MR) is 112 cm³/mol. The lowest BCUT2D eigenvalue weighted by molar-refractivity contribution is -0.122. The summed E-state index contributed by atoms with van der Waals surface area (Å²) in [7, 11) is 0. The van der Waals surface area contributed by atoms with Crippen molar-refractivity contribution in [1.29, 1.82) is 0 Å². The van der Waals surface area contributed by atoms with E-state index in [0.717, 1.165) is 34.4 Å². The van der Waals surface area contributed by atoms with Crippen molar-refractivity contribution < 1.29 is 9.18 Å². The van der Waals surface area contributed by atoms with Crippen molar-refractivity contribution in [3.8, 4) is 11.1 Å². The molecule has 0 saturated heterocycles. The van der Waals surface area contributed by atoms with Crippen LogP contribution >= 0.6 is 0 Å². The Bertz CT molecular complexity index is 1190. The Balaban J connectivity index is 1.60. The average molecular weight is 406 g/mol. The monoisotopic (exact) mass is 406 g/mol. The van der Waals surface area contributed by atoms with Crippen LogP contribution in [0.15, 0.2) is 48.8 Å². The molecule has 0 aliphatic heterocycles. The van der Waals surface area contributed by atoms with Gasteiger partial charge in [-0.3, -0.25) is 9.48 Å². The molecule has 7 nitrogen and oxygen atoms in total. The van der Waals surface area contributed by atoms with Crippen LogP contribution in [0.3, 0.4) is 0 Å². The Morgan fingerprint density at radius 1 is 1.13 bits per heavy atom. The van der Waals surface area contributed by atoms with Gasteiger partial charge in [0.25, 0.3) is 0 Å². The fraction of sp³-hybridized carbons (Fsp3) is 0.273. The first-order chi connectivity index (χ1) is 14.5. The number of halogens is 1. The zero-order valence-electron chi connectivity index (χ0n) is 17.1. The summed E-state index contributed by atoms with van der Waals surface area (Å²) in [5.41, 5.74) is 4.11. The third-order valence-electron chi connectivity index (χ3n) is 5.13. The molecule has 1 N–H and O–H groups in total. The van der Waals surface area contributed by atoms with E-state index in [2.05, 4.69) is 20.5 Å². The molecule has 1 unspecified atom stereocenters. The van der Waals surface area contributed by atoms with Gasteiger partial charge in [0.15, 0.2) is 5.65 Å². The van der Waals surface area contributed by atoms with Crippen LogP contribution in [0.1, 0.15) is 31.3 Å². The van der Waals surface area contributed by atoms with Gasteiger partial charge < -0.3 is 5.32 Å². The largest absolute Gasteiger partial charge is 0.346 e. The van der Waals surface area contributed by atoms with Gasteiger partial charge in [-0.2, -0.15) is 10.2 Å². The molecule has 3 aromatic heterocycles. The standard InChI is InChI=1S/C22H23FN6O/c1-4-28-19(10-12-25-28)14(2)26-20(30)13-29-22-21(15(3)27-29)18(9-11-24-22)16-5-7-17(23)8-6-16/h5-12,14H,4,13H2,1-3H3,(H,26,30). The molecule has 1 atom stereocenters. The minimum Gasteiger partial charge on any atom is -0.346 e. The minimum atomic E-state index is -0.285. The summed E-state index contributed by atoms with van der Waals surface area (Å²) >= 11 is 0. The van der Waals surface area contributed by atoms with Crippen molar-refractivity contribution in [2.24, 2.45) is 0 Å². The molecule has 0 radical (unpaired) electrons. The lowest BCUT2D eigenvalue weighted by atomic mass is 10.0. The Labute approximate surface area is 173 Å². The van der Waals surface area contributed by atoms with Gasteiger partial charge in [-0.1, -0.05) is 12.1 Å². The van der Waals surface area contributed by atoms with Crippen LogP contribution in [0, 0.1) is 12.7 Å². The summed E-state index contributed by atoms with van der Waals surface area (Å²) in [6.45, 7) is 6.61. The molecule has 0 aliphatic carbocycles. The molecule has 0 bridgehead atoms. The number of hydrogen-bond acceptors (Lipinski definition) is 4. The Hall–Kier alpha value is -3.55. The molecular formula is C22H23FN6O. The highest BCUT2D eigenvalue weighted by molar-refractivity contribution is 5.95. The maximum absolute atomic E-state index is 13.3. The molecular weight excluding hydrogens is 383 g/mol. The van der Waals surface area contributed by atoms with Crippen molar-refractivity contribution in [3.05, 3.63) is 66.0 Å². The lowest BCUT2D eigenvalue weighted by Crippen LogP contribution is -2.31. The van der Waals surface area contributed by atoms with Crippen LogP contribution < -0.4 is 5.32 Å². The Kier molecular flexibility index (Phi) is 5.31. The molecule has 0 aliphatic rings. The first kappa shape index (κ1) is 19.8. The van der Waals surface area contributed by atoms with E-state index >= 15 is 0 Å². The zero-order chi connectivity index (χ0) is 21.3. The lowest BCUT2D eigenvalue weighted by Gasteiger charge is -2.15. The van der Waals surface area contributed by atoms with Crippen LogP contribution in [0.4, 0.5) is 4.39 Å². The highest BCUT2D eigenvalue weighted by Gasteiger charge is 2.18. The zero-order valence-corrected chi connectivity index (χ0v) is 17.1. The smallest absolute Gasteiger partial charge is 0.242 e. The first-order valence-electron chi connectivity index (χ1n) is 9.87. The number of nitrogens with zero attached hydrogens (tertiary/aromatic N) is 5. The van der Waals surface area contributed by atoms with Crippen molar-refractivity contribution >= 4 is 16.9 Å². The van der Waals surface area contributed by atoms with Gasteiger partial charge in [0.05, 0.1) is 17.4 Å². The minimum absolute atomic E-state index is 0.0504. The predicted octanol–water partition coefficient (Wildman–Crippen LogP) is 3.64. The summed E-state index contributed by atoms with van der Waals surface area (Å²) in [5.74, 6) is -0.448. The fourth-order valence-corrected chi connectivity index (χ4v) is 3.73. The van der Waals surface area contributed by atoms with Gasteiger partial charge in [-0.05, 0) is 56.2 Å². The molecule has 4 aromatic rings. The number of aromatic nitrogens is 5. The molecule has 3 heterocycles. The highest BCUT2D eigenvalue weighted by Crippen LogP contribution is 2.29. The van der Waals surface area contributed by atoms with E-state index in [9.17, 15) is 9.18 Å². The number of hydrogen-bond donors (Lipinski definition) is 1. The number of aryl methyl sites for hydroxylation is 2. The fourth-order valence-electron chi connectivity index (χ4n) is 3.73. The molecule has 1 amide bonds. The van der Waals surface area contributed by atoms with Crippen molar-refractivity contribution in [2.45, 2.75) is 39.9 Å². The number of benzene rings is 1. The van der Waals surface area contributed by atoms with E-state index in [1.165, 1.54) is 12.1 Å². The third kappa shape index (κ3) is 3.68. The van der Waals surface area contributed by atoms with E-state index in [1.807, 2.05) is 37.6 Å². The summed E-state index contributed by atoms with van der Waals surface area (Å²) in [4.78, 5) is 17.1. The van der Waals surface area contributed by atoms with Crippen molar-refractivity contribution in [1.82, 2.24) is 29.9 Å². The van der Waals surface area contributed by atoms with Gasteiger partial charge in [0.1, 0.15) is 12.4 Å². The quantitative estimate of drug-likeness (QED) is 0.530. The van der Waals surface area contributed by atoms with Gasteiger partial charge in [0, 0.05) is 24.3 Å². The van der Waals surface area contributed by atoms with Crippen LogP contribution in [-0.2, 0) is 17.9 Å². The summed E-state index contributed by atoms with van der Waals surface area (Å²) < 4.78 is 16.8. The molecule has 30 heavy (non-hydrogen) atoms. The first-order valence-corrected chi connectivity index (χ1v) is 9.87. The number of rotatable bonds is 6. The second-order valence-corrected chi connectivity index (χ2v) is 7.17. The maximum atomic E-state index is 13.3. The highest BCUT2D eigenvalue weighted by atomic mass is 19.1. The number of nitrogens with one attached hydrogen (secondary N) is 1. The van der Waals surface area contributed by atoms with Crippen molar-refractivity contribution in [2.75, 3.05) is 0 Å². The second-order valence-electron chi connectivity index (χ2n) is 7.17. The van der Waals surface area contributed by atoms with Crippen LogP contribution in [0.2, 0.25) is 0 Å². The number of fused-ring (bicyclic) bond motifs is 1. The van der Waals surface area contributed by atoms with Gasteiger partial charge in [0.2, 0.25) is 5.91 Å². The number of carbonyl (C=O) groups excluding carboxylic acids is 1. The van der Waals surface area contributed by atoms with E-state index < -0.39 is 0 Å². The Morgan fingerprint density at radius 3 is 2.63 bits per heavy atom. The molecule has 154 valence electrons. The van der Waals surface area contributed by atoms with Crippen LogP contribution in [0.25, 0.3) is 22.2 Å². The van der Waals surface area contributed by atoms with E-state index in [4.69, 9.17) is 0 Å². The second kappa shape index (κ2) is 8.06. The molecule has 0 fully saturated rings. The van der Waals surface area contributed by atoms with E-state index in [0.29, 0.717) is 5.65 Å². The molecule has 0 saturated carbocycles. The van der Waals surface area contributed by atoms with E-state index in [1.54, 1.807) is 29.2 Å². The van der Waals surface area contributed by atoms with Gasteiger partial charge >= 0.3 is 0 Å². The van der Waals surface area contributed by atoms with Gasteiger partial charge in [-0.25, -0.2) is 14.1 Å². The molecule has 1 aromatic carbocycles. The number of pyridine rings is 1. The summed E-state index contributed by atoms with van der Waals surface area (Å²) in [6.07, 6.45) is 3.41. The van der Waals surface area contributed by atoms with Crippen LogP contribution in [-0.4, -0.2) is 30.5 Å². The number of carbonyl (C=O) groups is 1. The SMILES string of the molecule is CCn1nccc1C(C)NC(=O)Cn1nc(C)c2c(-c3ccc(F)cc3)ccnc21.